The molecule has 1 aromatic carbocycles. The summed E-state index contributed by atoms with van der Waals surface area (Å²) in [5.74, 6) is -2.61. The Bertz CT molecular complexity index is 821. The van der Waals surface area contributed by atoms with Gasteiger partial charge in [0.25, 0.3) is 0 Å². The largest absolute Gasteiger partial charge is 0.490 e. The maximum Gasteiger partial charge on any atom is 0.490 e. The van der Waals surface area contributed by atoms with E-state index >= 15 is 0 Å². The van der Waals surface area contributed by atoms with Crippen molar-refractivity contribution in [3.05, 3.63) is 35.4 Å². The summed E-state index contributed by atoms with van der Waals surface area (Å²) in [6, 6.07) is 8.57. The molecule has 1 N–H and O–H groups in total. The summed E-state index contributed by atoms with van der Waals surface area (Å²) in [7, 11) is 0. The first-order chi connectivity index (χ1) is 15.6. The number of aliphatic carboxylic acids is 1. The lowest BCUT2D eigenvalue weighted by atomic mass is 9.84. The molecule has 3 heterocycles. The van der Waals surface area contributed by atoms with Gasteiger partial charge in [0, 0.05) is 45.8 Å². The van der Waals surface area contributed by atoms with Crippen LogP contribution in [0.4, 0.5) is 13.2 Å². The second-order valence-electron chi connectivity index (χ2n) is 8.92. The van der Waals surface area contributed by atoms with Gasteiger partial charge in [0.15, 0.2) is 0 Å². The fraction of sp³-hybridized carbons (Fsp3) is 0.652. The Balaban J connectivity index is 0.000000383. The molecule has 3 saturated heterocycles. The number of nitrogens with zero attached hydrogens (tertiary/aromatic N) is 2. The molecular formula is C23H31F3N2O5. The van der Waals surface area contributed by atoms with Gasteiger partial charge in [0.1, 0.15) is 6.61 Å². The lowest BCUT2D eigenvalue weighted by Crippen LogP contribution is -2.65. The SMILES string of the molecule is Cc1ccccc1CN1CC2(CC(OCC(=O)N3CCCC3)CCO2)C1.O=C(O)C(F)(F)F. The first-order valence-corrected chi connectivity index (χ1v) is 11.2. The van der Waals surface area contributed by atoms with Crippen LogP contribution in [0.25, 0.3) is 0 Å². The molecule has 1 spiro atoms. The molecule has 3 aliphatic heterocycles. The molecule has 1 atom stereocenters. The van der Waals surface area contributed by atoms with Gasteiger partial charge in [-0.15, -0.1) is 0 Å². The van der Waals surface area contributed by atoms with E-state index in [0.29, 0.717) is 0 Å². The predicted octanol–water partition coefficient (Wildman–Crippen LogP) is 3.00. The van der Waals surface area contributed by atoms with Crippen molar-refractivity contribution in [2.45, 2.75) is 57.0 Å². The highest BCUT2D eigenvalue weighted by Crippen LogP contribution is 2.36. The molecule has 7 nitrogen and oxygen atoms in total. The van der Waals surface area contributed by atoms with E-state index in [0.717, 1.165) is 65.0 Å². The summed E-state index contributed by atoms with van der Waals surface area (Å²) >= 11 is 0. The van der Waals surface area contributed by atoms with Gasteiger partial charge in [-0.3, -0.25) is 9.69 Å². The number of likely N-dealkylation sites (tertiary alicyclic amines) is 2. The van der Waals surface area contributed by atoms with Crippen molar-refractivity contribution >= 4 is 11.9 Å². The summed E-state index contributed by atoms with van der Waals surface area (Å²) in [6.45, 7) is 7.83. The molecule has 3 aliphatic rings. The van der Waals surface area contributed by atoms with Gasteiger partial charge in [-0.25, -0.2) is 4.79 Å². The third kappa shape index (κ3) is 7.15. The number of aryl methyl sites for hydroxylation is 1. The van der Waals surface area contributed by atoms with E-state index in [1.807, 2.05) is 4.90 Å². The van der Waals surface area contributed by atoms with Gasteiger partial charge >= 0.3 is 12.1 Å². The van der Waals surface area contributed by atoms with Gasteiger partial charge in [0.05, 0.1) is 11.7 Å². The lowest BCUT2D eigenvalue weighted by Gasteiger charge is -2.53. The van der Waals surface area contributed by atoms with Gasteiger partial charge in [-0.2, -0.15) is 13.2 Å². The average Bonchev–Trinajstić information content (AvgIpc) is 3.28. The van der Waals surface area contributed by atoms with E-state index < -0.39 is 12.1 Å². The minimum atomic E-state index is -5.08. The second kappa shape index (κ2) is 10.8. The maximum absolute atomic E-state index is 12.2. The number of amides is 1. The van der Waals surface area contributed by atoms with Crippen LogP contribution in [0.1, 0.15) is 36.8 Å². The Hall–Kier alpha value is -2.17. The summed E-state index contributed by atoms with van der Waals surface area (Å²) < 4.78 is 43.8. The van der Waals surface area contributed by atoms with Crippen molar-refractivity contribution in [2.75, 3.05) is 39.4 Å². The molecule has 0 radical (unpaired) electrons. The molecular weight excluding hydrogens is 441 g/mol. The number of rotatable bonds is 5. The average molecular weight is 473 g/mol. The molecule has 10 heteroatoms. The van der Waals surface area contributed by atoms with E-state index in [1.54, 1.807) is 0 Å². The topological polar surface area (TPSA) is 79.3 Å². The summed E-state index contributed by atoms with van der Waals surface area (Å²) in [5.41, 5.74) is 2.67. The van der Waals surface area contributed by atoms with Crippen LogP contribution in [0, 0.1) is 6.92 Å². The number of ether oxygens (including phenoxy) is 2. The van der Waals surface area contributed by atoms with Crippen molar-refractivity contribution in [2.24, 2.45) is 0 Å². The van der Waals surface area contributed by atoms with Crippen LogP contribution in [-0.2, 0) is 25.6 Å². The number of alkyl halides is 3. The number of hydrogen-bond donors (Lipinski definition) is 1. The van der Waals surface area contributed by atoms with Crippen molar-refractivity contribution in [1.82, 2.24) is 9.80 Å². The lowest BCUT2D eigenvalue weighted by molar-refractivity contribution is -0.200. The van der Waals surface area contributed by atoms with Crippen LogP contribution in [0.3, 0.4) is 0 Å². The molecule has 3 fully saturated rings. The summed E-state index contributed by atoms with van der Waals surface area (Å²) in [4.78, 5) is 25.5. The molecule has 184 valence electrons. The number of hydrogen-bond acceptors (Lipinski definition) is 5. The van der Waals surface area contributed by atoms with Crippen LogP contribution in [0.2, 0.25) is 0 Å². The molecule has 1 unspecified atom stereocenters. The fourth-order valence-electron chi connectivity index (χ4n) is 4.50. The maximum atomic E-state index is 12.2. The minimum Gasteiger partial charge on any atom is -0.475 e. The van der Waals surface area contributed by atoms with Gasteiger partial charge in [-0.1, -0.05) is 24.3 Å². The number of carbonyl (C=O) groups is 2. The highest BCUT2D eigenvalue weighted by atomic mass is 19.4. The Kier molecular flexibility index (Phi) is 8.36. The number of carbonyl (C=O) groups excluding carboxylic acids is 1. The third-order valence-electron chi connectivity index (χ3n) is 6.27. The summed E-state index contributed by atoms with van der Waals surface area (Å²) in [6.07, 6.45) is -0.876. The zero-order valence-electron chi connectivity index (χ0n) is 18.8. The van der Waals surface area contributed by atoms with Crippen molar-refractivity contribution < 1.29 is 37.3 Å². The monoisotopic (exact) mass is 472 g/mol. The predicted molar refractivity (Wildman–Crippen MR) is 114 cm³/mol. The van der Waals surface area contributed by atoms with Gasteiger partial charge in [0.2, 0.25) is 5.91 Å². The first kappa shape index (κ1) is 25.5. The number of carboxylic acids is 1. The fourth-order valence-corrected chi connectivity index (χ4v) is 4.50. The van der Waals surface area contributed by atoms with E-state index in [1.165, 1.54) is 11.1 Å². The number of halogens is 3. The molecule has 4 rings (SSSR count). The smallest absolute Gasteiger partial charge is 0.475 e. The van der Waals surface area contributed by atoms with Gasteiger partial charge in [-0.05, 0) is 37.3 Å². The normalized spacial score (nSPS) is 22.4. The number of benzene rings is 1. The third-order valence-corrected chi connectivity index (χ3v) is 6.27. The Morgan fingerprint density at radius 3 is 2.45 bits per heavy atom. The molecule has 1 amide bonds. The zero-order valence-corrected chi connectivity index (χ0v) is 18.8. The molecule has 33 heavy (non-hydrogen) atoms. The van der Waals surface area contributed by atoms with Crippen LogP contribution in [0.15, 0.2) is 24.3 Å². The Morgan fingerprint density at radius 2 is 1.85 bits per heavy atom. The van der Waals surface area contributed by atoms with Crippen LogP contribution < -0.4 is 0 Å². The zero-order chi connectivity index (χ0) is 24.1. The van der Waals surface area contributed by atoms with Gasteiger partial charge < -0.3 is 19.5 Å². The van der Waals surface area contributed by atoms with Crippen molar-refractivity contribution in [3.8, 4) is 0 Å². The van der Waals surface area contributed by atoms with Crippen LogP contribution >= 0.6 is 0 Å². The molecule has 0 aliphatic carbocycles. The molecule has 0 aromatic heterocycles. The Labute approximate surface area is 191 Å². The molecule has 1 aromatic rings. The second-order valence-corrected chi connectivity index (χ2v) is 8.92. The van der Waals surface area contributed by atoms with E-state index in [2.05, 4.69) is 36.1 Å². The van der Waals surface area contributed by atoms with Crippen LogP contribution in [0.5, 0.6) is 0 Å². The standard InChI is InChI=1S/C21H30N2O3.C2HF3O2/c1-17-6-2-3-7-18(17)13-22-15-21(16-22)12-19(8-11-26-21)25-14-20(24)23-9-4-5-10-23;3-2(4,5)1(6)7/h2-3,6-7,19H,4-5,8-16H2,1H3;(H,6,7). The highest BCUT2D eigenvalue weighted by Gasteiger charge is 2.47. The summed E-state index contributed by atoms with van der Waals surface area (Å²) in [5, 5.41) is 7.12. The number of carboxylic acid groups (broad SMARTS) is 1. The van der Waals surface area contributed by atoms with Crippen molar-refractivity contribution in [1.29, 1.82) is 0 Å². The quantitative estimate of drug-likeness (QED) is 0.710. The molecule has 0 bridgehead atoms. The minimum absolute atomic E-state index is 0.0672. The van der Waals surface area contributed by atoms with E-state index in [9.17, 15) is 18.0 Å². The highest BCUT2D eigenvalue weighted by molar-refractivity contribution is 5.77. The van der Waals surface area contributed by atoms with E-state index in [4.69, 9.17) is 19.4 Å². The molecule has 0 saturated carbocycles. The van der Waals surface area contributed by atoms with Crippen molar-refractivity contribution in [3.63, 3.8) is 0 Å². The van der Waals surface area contributed by atoms with Crippen LogP contribution in [-0.4, -0.2) is 84.1 Å². The first-order valence-electron chi connectivity index (χ1n) is 11.2. The Morgan fingerprint density at radius 1 is 1.21 bits per heavy atom. The van der Waals surface area contributed by atoms with E-state index in [-0.39, 0.29) is 24.2 Å².